The fraction of sp³-hybridized carbons (Fsp3) is 0.478. The van der Waals surface area contributed by atoms with Gasteiger partial charge in [-0.15, -0.1) is 0 Å². The van der Waals surface area contributed by atoms with E-state index in [1.165, 1.54) is 54.6 Å². The molecule has 1 aliphatic rings. The van der Waals surface area contributed by atoms with Crippen LogP contribution in [0.25, 0.3) is 0 Å². The van der Waals surface area contributed by atoms with Gasteiger partial charge in [0.05, 0.1) is 6.10 Å². The molecule has 0 amide bonds. The lowest BCUT2D eigenvalue weighted by Crippen LogP contribution is -2.20. The zero-order valence-electron chi connectivity index (χ0n) is 16.6. The summed E-state index contributed by atoms with van der Waals surface area (Å²) >= 11 is 0. The highest BCUT2D eigenvalue weighted by molar-refractivity contribution is 5.50. The van der Waals surface area contributed by atoms with Crippen molar-refractivity contribution >= 4 is 11.4 Å². The van der Waals surface area contributed by atoms with Crippen LogP contribution in [0.3, 0.4) is 0 Å². The van der Waals surface area contributed by atoms with Crippen molar-refractivity contribution in [2.45, 2.75) is 44.3 Å². The van der Waals surface area contributed by atoms with E-state index in [4.69, 9.17) is 4.74 Å². The van der Waals surface area contributed by atoms with Crippen molar-refractivity contribution in [3.63, 3.8) is 0 Å². The van der Waals surface area contributed by atoms with Crippen molar-refractivity contribution in [1.29, 1.82) is 0 Å². The van der Waals surface area contributed by atoms with Crippen LogP contribution in [0.5, 0.6) is 0 Å². The molecule has 0 aromatic heterocycles. The third-order valence-electron chi connectivity index (χ3n) is 5.31. The monoisotopic (exact) mass is 352 g/mol. The summed E-state index contributed by atoms with van der Waals surface area (Å²) in [5.41, 5.74) is 4.90. The van der Waals surface area contributed by atoms with Crippen LogP contribution in [0.2, 0.25) is 0 Å². The summed E-state index contributed by atoms with van der Waals surface area (Å²) in [5.74, 6) is 0. The molecular formula is C23H32N2O. The van der Waals surface area contributed by atoms with Crippen LogP contribution >= 0.6 is 0 Å². The molecule has 1 fully saturated rings. The van der Waals surface area contributed by atoms with E-state index in [-0.39, 0.29) is 6.10 Å². The van der Waals surface area contributed by atoms with Crippen molar-refractivity contribution in [1.82, 2.24) is 0 Å². The van der Waals surface area contributed by atoms with Crippen LogP contribution in [0.1, 0.15) is 49.3 Å². The Morgan fingerprint density at radius 3 is 1.50 bits per heavy atom. The molecule has 0 unspecified atom stereocenters. The quantitative estimate of drug-likeness (QED) is 0.705. The molecule has 2 aromatic carbocycles. The summed E-state index contributed by atoms with van der Waals surface area (Å²) in [6, 6.07) is 17.6. The fourth-order valence-corrected chi connectivity index (χ4v) is 3.64. The molecule has 3 rings (SSSR count). The third-order valence-corrected chi connectivity index (χ3v) is 5.31. The minimum atomic E-state index is 0.00512. The summed E-state index contributed by atoms with van der Waals surface area (Å²) in [6.07, 6.45) is 6.66. The van der Waals surface area contributed by atoms with Gasteiger partial charge in [0.25, 0.3) is 0 Å². The van der Waals surface area contributed by atoms with E-state index >= 15 is 0 Å². The van der Waals surface area contributed by atoms with Gasteiger partial charge >= 0.3 is 0 Å². The SMILES string of the molecule is CN(C)c1ccc(C(OC2CCCCC2)c2ccc(N(C)C)cc2)cc1. The average molecular weight is 353 g/mol. The first-order valence-electron chi connectivity index (χ1n) is 9.74. The van der Waals surface area contributed by atoms with Gasteiger partial charge in [0.2, 0.25) is 0 Å². The molecule has 3 heteroatoms. The maximum atomic E-state index is 6.64. The lowest BCUT2D eigenvalue weighted by molar-refractivity contribution is -0.0118. The number of rotatable bonds is 6. The maximum Gasteiger partial charge on any atom is 0.108 e. The van der Waals surface area contributed by atoms with Gasteiger partial charge in [-0.1, -0.05) is 43.5 Å². The van der Waals surface area contributed by atoms with Gasteiger partial charge in [0, 0.05) is 39.6 Å². The summed E-state index contributed by atoms with van der Waals surface area (Å²) < 4.78 is 6.64. The molecule has 0 saturated heterocycles. The Morgan fingerprint density at radius 1 is 0.692 bits per heavy atom. The minimum absolute atomic E-state index is 0.00512. The Morgan fingerprint density at radius 2 is 1.12 bits per heavy atom. The van der Waals surface area contributed by atoms with Crippen molar-refractivity contribution in [2.24, 2.45) is 0 Å². The predicted molar refractivity (Wildman–Crippen MR) is 111 cm³/mol. The molecule has 26 heavy (non-hydrogen) atoms. The van der Waals surface area contributed by atoms with Crippen LogP contribution in [-0.2, 0) is 4.74 Å². The van der Waals surface area contributed by atoms with Gasteiger partial charge in [-0.2, -0.15) is 0 Å². The Balaban J connectivity index is 1.87. The van der Waals surface area contributed by atoms with E-state index in [1.807, 2.05) is 0 Å². The second-order valence-electron chi connectivity index (χ2n) is 7.75. The Hall–Kier alpha value is -2.00. The van der Waals surface area contributed by atoms with E-state index in [9.17, 15) is 0 Å². The van der Waals surface area contributed by atoms with Gasteiger partial charge in [0.1, 0.15) is 6.10 Å². The van der Waals surface area contributed by atoms with E-state index in [1.54, 1.807) is 0 Å². The highest BCUT2D eigenvalue weighted by atomic mass is 16.5. The smallest absolute Gasteiger partial charge is 0.108 e. The van der Waals surface area contributed by atoms with Crippen molar-refractivity contribution in [2.75, 3.05) is 38.0 Å². The summed E-state index contributed by atoms with van der Waals surface area (Å²) in [5, 5.41) is 0. The predicted octanol–water partition coefficient (Wildman–Crippen LogP) is 5.26. The second-order valence-corrected chi connectivity index (χ2v) is 7.75. The first-order valence-corrected chi connectivity index (χ1v) is 9.74. The second kappa shape index (κ2) is 8.59. The molecular weight excluding hydrogens is 320 g/mol. The molecule has 140 valence electrons. The molecule has 0 heterocycles. The van der Waals surface area contributed by atoms with Gasteiger partial charge in [-0.25, -0.2) is 0 Å². The van der Waals surface area contributed by atoms with E-state index in [2.05, 4.69) is 86.5 Å². The van der Waals surface area contributed by atoms with Gasteiger partial charge in [0.15, 0.2) is 0 Å². The molecule has 0 aliphatic heterocycles. The molecule has 3 nitrogen and oxygen atoms in total. The highest BCUT2D eigenvalue weighted by Crippen LogP contribution is 2.33. The van der Waals surface area contributed by atoms with Crippen molar-refractivity contribution in [3.05, 3.63) is 59.7 Å². The molecule has 1 aliphatic carbocycles. The lowest BCUT2D eigenvalue weighted by Gasteiger charge is -2.29. The Labute approximate surface area is 158 Å². The topological polar surface area (TPSA) is 15.7 Å². The first-order chi connectivity index (χ1) is 12.5. The zero-order chi connectivity index (χ0) is 18.5. The van der Waals surface area contributed by atoms with Crippen LogP contribution < -0.4 is 9.80 Å². The Kier molecular flexibility index (Phi) is 6.20. The van der Waals surface area contributed by atoms with Crippen LogP contribution in [0.15, 0.2) is 48.5 Å². The normalized spacial score (nSPS) is 15.3. The van der Waals surface area contributed by atoms with Gasteiger partial charge < -0.3 is 14.5 Å². The molecule has 0 spiro atoms. The third kappa shape index (κ3) is 4.59. The number of hydrogen-bond acceptors (Lipinski definition) is 3. The first kappa shape index (κ1) is 18.8. The average Bonchev–Trinajstić information content (AvgIpc) is 2.67. The lowest BCUT2D eigenvalue weighted by atomic mass is 9.96. The fourth-order valence-electron chi connectivity index (χ4n) is 3.64. The molecule has 2 aromatic rings. The summed E-state index contributed by atoms with van der Waals surface area (Å²) in [6.45, 7) is 0. The molecule has 0 atom stereocenters. The highest BCUT2D eigenvalue weighted by Gasteiger charge is 2.22. The number of benzene rings is 2. The Bertz CT molecular complexity index is 619. The molecule has 1 saturated carbocycles. The van der Waals surface area contributed by atoms with Crippen LogP contribution in [-0.4, -0.2) is 34.3 Å². The van der Waals surface area contributed by atoms with Crippen molar-refractivity contribution < 1.29 is 4.74 Å². The minimum Gasteiger partial charge on any atom is -0.378 e. The van der Waals surface area contributed by atoms with E-state index in [0.717, 1.165) is 0 Å². The van der Waals surface area contributed by atoms with Crippen LogP contribution in [0.4, 0.5) is 11.4 Å². The summed E-state index contributed by atoms with van der Waals surface area (Å²) in [7, 11) is 8.30. The van der Waals surface area contributed by atoms with Crippen molar-refractivity contribution in [3.8, 4) is 0 Å². The van der Waals surface area contributed by atoms with Gasteiger partial charge in [-0.05, 0) is 48.2 Å². The molecule has 0 bridgehead atoms. The molecule has 0 radical (unpaired) electrons. The van der Waals surface area contributed by atoms with Gasteiger partial charge in [-0.3, -0.25) is 0 Å². The zero-order valence-corrected chi connectivity index (χ0v) is 16.6. The standard InChI is InChI=1S/C23H32N2O/c1-24(2)20-14-10-18(11-15-20)23(26-22-8-6-5-7-9-22)19-12-16-21(17-13-19)25(3)4/h10-17,22-23H,5-9H2,1-4H3. The van der Waals surface area contributed by atoms with E-state index in [0.29, 0.717) is 6.10 Å². The number of anilines is 2. The molecule has 0 N–H and O–H groups in total. The number of hydrogen-bond donors (Lipinski definition) is 0. The number of ether oxygens (including phenoxy) is 1. The summed E-state index contributed by atoms with van der Waals surface area (Å²) in [4.78, 5) is 4.26. The van der Waals surface area contributed by atoms with Crippen LogP contribution in [0, 0.1) is 0 Å². The number of nitrogens with zero attached hydrogens (tertiary/aromatic N) is 2. The largest absolute Gasteiger partial charge is 0.378 e. The maximum absolute atomic E-state index is 6.64. The van der Waals surface area contributed by atoms with E-state index < -0.39 is 0 Å².